The van der Waals surface area contributed by atoms with Crippen LogP contribution in [0.5, 0.6) is 0 Å². The van der Waals surface area contributed by atoms with E-state index >= 15 is 0 Å². The van der Waals surface area contributed by atoms with E-state index in [4.69, 9.17) is 28.9 Å². The molecule has 0 saturated carbocycles. The summed E-state index contributed by atoms with van der Waals surface area (Å²) in [5.41, 5.74) is 5.82. The van der Waals surface area contributed by atoms with E-state index in [1.807, 2.05) is 6.92 Å². The average molecular weight is 315 g/mol. The second-order valence-electron chi connectivity index (χ2n) is 4.15. The Morgan fingerprint density at radius 3 is 2.53 bits per heavy atom. The maximum Gasteiger partial charge on any atom is 0.245 e. The van der Waals surface area contributed by atoms with Gasteiger partial charge < -0.3 is 5.73 Å². The van der Waals surface area contributed by atoms with E-state index in [2.05, 4.69) is 0 Å². The molecule has 0 aromatic carbocycles. The van der Waals surface area contributed by atoms with Crippen molar-refractivity contribution in [3.05, 3.63) is 14.7 Å². The number of nitrogens with zero attached hydrogens (tertiary/aromatic N) is 1. The summed E-state index contributed by atoms with van der Waals surface area (Å²) in [6.45, 7) is 2.68. The van der Waals surface area contributed by atoms with Gasteiger partial charge in [0.05, 0.1) is 4.34 Å². The molecule has 2 rings (SSSR count). The predicted molar refractivity (Wildman–Crippen MR) is 70.2 cm³/mol. The van der Waals surface area contributed by atoms with Gasteiger partial charge >= 0.3 is 0 Å². The zero-order chi connectivity index (χ0) is 12.8. The minimum absolute atomic E-state index is 0.0791. The van der Waals surface area contributed by atoms with Gasteiger partial charge in [0.25, 0.3) is 0 Å². The van der Waals surface area contributed by atoms with Gasteiger partial charge in [-0.25, -0.2) is 8.42 Å². The van der Waals surface area contributed by atoms with E-state index in [0.717, 1.165) is 11.3 Å². The molecular weight excluding hydrogens is 303 g/mol. The van der Waals surface area contributed by atoms with Crippen LogP contribution in [0.4, 0.5) is 0 Å². The second-order valence-corrected chi connectivity index (χ2v) is 8.34. The molecule has 0 radical (unpaired) electrons. The molecule has 1 fully saturated rings. The minimum atomic E-state index is -3.57. The van der Waals surface area contributed by atoms with Crippen LogP contribution in [0.3, 0.4) is 0 Å². The average Bonchev–Trinajstić information content (AvgIpc) is 2.72. The third-order valence-electron chi connectivity index (χ3n) is 2.88. The Morgan fingerprint density at radius 2 is 2.12 bits per heavy atom. The maximum absolute atomic E-state index is 12.3. The number of sulfonamides is 1. The maximum atomic E-state index is 12.3. The fourth-order valence-corrected chi connectivity index (χ4v) is 5.47. The van der Waals surface area contributed by atoms with Crippen LogP contribution in [0.25, 0.3) is 0 Å². The topological polar surface area (TPSA) is 63.4 Å². The molecule has 4 nitrogen and oxygen atoms in total. The van der Waals surface area contributed by atoms with Gasteiger partial charge in [-0.05, 0) is 12.0 Å². The molecule has 2 N–H and O–H groups in total. The molecule has 2 unspecified atom stereocenters. The van der Waals surface area contributed by atoms with Gasteiger partial charge in [-0.3, -0.25) is 0 Å². The summed E-state index contributed by atoms with van der Waals surface area (Å²) in [4.78, 5) is 0.0791. The molecular formula is C9H12Cl2N2O2S2. The molecule has 17 heavy (non-hydrogen) atoms. The molecule has 0 amide bonds. The zero-order valence-corrected chi connectivity index (χ0v) is 12.2. The van der Waals surface area contributed by atoms with Gasteiger partial charge in [-0.1, -0.05) is 30.1 Å². The smallest absolute Gasteiger partial charge is 0.245 e. The molecule has 0 bridgehead atoms. The van der Waals surface area contributed by atoms with Crippen molar-refractivity contribution in [3.63, 3.8) is 0 Å². The highest BCUT2D eigenvalue weighted by Crippen LogP contribution is 2.36. The first-order valence-corrected chi connectivity index (χ1v) is 8.04. The summed E-state index contributed by atoms with van der Waals surface area (Å²) in [7, 11) is -3.57. The number of hydrogen-bond acceptors (Lipinski definition) is 4. The first-order valence-electron chi connectivity index (χ1n) is 5.03. The standard InChI is InChI=1S/C9H12Cl2N2O2S2/c1-5-3-13(4-6(5)12)17(14,15)7-2-8(10)16-9(7)11/h2,5-6H,3-4,12H2,1H3. The molecule has 1 aromatic heterocycles. The molecule has 1 saturated heterocycles. The summed E-state index contributed by atoms with van der Waals surface area (Å²) in [6, 6.07) is 1.26. The molecule has 0 aliphatic carbocycles. The lowest BCUT2D eigenvalue weighted by Crippen LogP contribution is -2.32. The van der Waals surface area contributed by atoms with Crippen LogP contribution in [-0.4, -0.2) is 31.9 Å². The summed E-state index contributed by atoms with van der Waals surface area (Å²) in [5.74, 6) is 0.151. The van der Waals surface area contributed by atoms with Crippen LogP contribution < -0.4 is 5.73 Å². The van der Waals surface area contributed by atoms with Crippen LogP contribution in [0.2, 0.25) is 8.67 Å². The van der Waals surface area contributed by atoms with Crippen LogP contribution in [-0.2, 0) is 10.0 Å². The highest BCUT2D eigenvalue weighted by atomic mass is 35.5. The lowest BCUT2D eigenvalue weighted by Gasteiger charge is -2.15. The van der Waals surface area contributed by atoms with E-state index in [1.165, 1.54) is 10.4 Å². The molecule has 96 valence electrons. The number of nitrogens with two attached hydrogens (primary N) is 1. The number of halogens is 2. The van der Waals surface area contributed by atoms with Crippen molar-refractivity contribution in [3.8, 4) is 0 Å². The summed E-state index contributed by atoms with van der Waals surface area (Å²) >= 11 is 12.7. The molecule has 1 aliphatic heterocycles. The van der Waals surface area contributed by atoms with E-state index in [0.29, 0.717) is 17.4 Å². The van der Waals surface area contributed by atoms with E-state index < -0.39 is 10.0 Å². The molecule has 2 heterocycles. The van der Waals surface area contributed by atoms with Crippen LogP contribution in [0.1, 0.15) is 6.92 Å². The molecule has 1 aliphatic rings. The van der Waals surface area contributed by atoms with Gasteiger partial charge in [0.2, 0.25) is 10.0 Å². The van der Waals surface area contributed by atoms with Crippen LogP contribution in [0, 0.1) is 5.92 Å². The largest absolute Gasteiger partial charge is 0.326 e. The SMILES string of the molecule is CC1CN(S(=O)(=O)c2cc(Cl)sc2Cl)CC1N. The predicted octanol–water partition coefficient (Wildman–Crippen LogP) is 2.02. The lowest BCUT2D eigenvalue weighted by molar-refractivity contribution is 0.464. The van der Waals surface area contributed by atoms with Crippen molar-refractivity contribution in [1.29, 1.82) is 0 Å². The van der Waals surface area contributed by atoms with Crippen molar-refractivity contribution >= 4 is 44.6 Å². The highest BCUT2D eigenvalue weighted by Gasteiger charge is 2.36. The van der Waals surface area contributed by atoms with Crippen molar-refractivity contribution in [2.24, 2.45) is 11.7 Å². The summed E-state index contributed by atoms with van der Waals surface area (Å²) < 4.78 is 26.5. The van der Waals surface area contributed by atoms with Gasteiger partial charge in [-0.15, -0.1) is 11.3 Å². The molecule has 2 atom stereocenters. The van der Waals surface area contributed by atoms with Crippen molar-refractivity contribution in [2.45, 2.75) is 17.9 Å². The van der Waals surface area contributed by atoms with E-state index in [-0.39, 0.29) is 21.2 Å². The van der Waals surface area contributed by atoms with Crippen LogP contribution >= 0.6 is 34.5 Å². The third-order valence-corrected chi connectivity index (χ3v) is 6.46. The normalized spacial score (nSPS) is 26.6. The second kappa shape index (κ2) is 4.68. The van der Waals surface area contributed by atoms with Crippen molar-refractivity contribution in [2.75, 3.05) is 13.1 Å². The Kier molecular flexibility index (Phi) is 3.74. The zero-order valence-electron chi connectivity index (χ0n) is 9.06. The first-order chi connectivity index (χ1) is 7.82. The minimum Gasteiger partial charge on any atom is -0.326 e. The Morgan fingerprint density at radius 1 is 1.47 bits per heavy atom. The Hall–Kier alpha value is 0.150. The van der Waals surface area contributed by atoms with Gasteiger partial charge in [0, 0.05) is 19.1 Å². The molecule has 8 heteroatoms. The monoisotopic (exact) mass is 314 g/mol. The number of hydrogen-bond donors (Lipinski definition) is 1. The van der Waals surface area contributed by atoms with Crippen molar-refractivity contribution in [1.82, 2.24) is 4.31 Å². The quantitative estimate of drug-likeness (QED) is 0.908. The Bertz CT molecular complexity index is 519. The molecule has 0 spiro atoms. The lowest BCUT2D eigenvalue weighted by atomic mass is 10.1. The Balaban J connectivity index is 2.35. The van der Waals surface area contributed by atoms with Crippen LogP contribution in [0.15, 0.2) is 11.0 Å². The number of thiophene rings is 1. The summed E-state index contributed by atoms with van der Waals surface area (Å²) in [5, 5.41) is 0. The molecule has 1 aromatic rings. The van der Waals surface area contributed by atoms with Gasteiger partial charge in [0.15, 0.2) is 0 Å². The Labute approximate surface area is 114 Å². The van der Waals surface area contributed by atoms with E-state index in [9.17, 15) is 8.42 Å². The summed E-state index contributed by atoms with van der Waals surface area (Å²) in [6.07, 6.45) is 0. The van der Waals surface area contributed by atoms with E-state index in [1.54, 1.807) is 0 Å². The first kappa shape index (κ1) is 13.6. The van der Waals surface area contributed by atoms with Crippen molar-refractivity contribution < 1.29 is 8.42 Å². The fraction of sp³-hybridized carbons (Fsp3) is 0.556. The number of rotatable bonds is 2. The van der Waals surface area contributed by atoms with Gasteiger partial charge in [-0.2, -0.15) is 4.31 Å². The highest BCUT2D eigenvalue weighted by molar-refractivity contribution is 7.89. The third kappa shape index (κ3) is 2.47. The fourth-order valence-electron chi connectivity index (χ4n) is 1.78. The van der Waals surface area contributed by atoms with Gasteiger partial charge in [0.1, 0.15) is 9.23 Å².